The Hall–Kier alpha value is 0.490. The molecule has 0 atom stereocenters. The fourth-order valence-corrected chi connectivity index (χ4v) is 2.39. The van der Waals surface area contributed by atoms with Crippen LogP contribution in [0.25, 0.3) is 0 Å². The molecule has 2 nitrogen and oxygen atoms in total. The van der Waals surface area contributed by atoms with Gasteiger partial charge in [0.2, 0.25) is 5.78 Å². The first-order chi connectivity index (χ1) is 6.99. The molecule has 1 heterocycles. The highest BCUT2D eigenvalue weighted by atomic mass is 79.9. The van der Waals surface area contributed by atoms with E-state index < -0.39 is 4.84 Å². The lowest BCUT2D eigenvalue weighted by atomic mass is 10.3. The lowest BCUT2D eigenvalue weighted by Gasteiger charge is -2.08. The number of nitrogens with zero attached hydrogens (tertiary/aromatic N) is 1. The molecule has 0 aliphatic heterocycles. The number of carbonyl (C=O) groups is 1. The number of halogens is 4. The largest absolute Gasteiger partial charge is 0.332 e. The Labute approximate surface area is 115 Å². The van der Waals surface area contributed by atoms with E-state index in [1.165, 1.54) is 0 Å². The molecule has 6 heteroatoms. The molecule has 15 heavy (non-hydrogen) atoms. The fourth-order valence-electron chi connectivity index (χ4n) is 1.25. The van der Waals surface area contributed by atoms with Gasteiger partial charge in [-0.3, -0.25) is 4.79 Å². The van der Waals surface area contributed by atoms with Gasteiger partial charge in [-0.25, -0.2) is 0 Å². The Bertz CT molecular complexity index is 376. The molecule has 0 bridgehead atoms. The minimum atomic E-state index is -1.02. The molecule has 0 N–H and O–H groups in total. The van der Waals surface area contributed by atoms with E-state index in [-0.39, 0.29) is 5.78 Å². The van der Waals surface area contributed by atoms with Crippen molar-refractivity contribution in [3.63, 3.8) is 0 Å². The van der Waals surface area contributed by atoms with E-state index in [2.05, 4.69) is 31.9 Å². The highest BCUT2D eigenvalue weighted by Gasteiger charge is 2.21. The Kier molecular flexibility index (Phi) is 5.16. The van der Waals surface area contributed by atoms with Crippen molar-refractivity contribution in [1.82, 2.24) is 4.57 Å². The summed E-state index contributed by atoms with van der Waals surface area (Å²) >= 11 is 17.9. The average molecular weight is 378 g/mol. The quantitative estimate of drug-likeness (QED) is 0.562. The Balaban J connectivity index is 3.17. The number of hydrogen-bond acceptors (Lipinski definition) is 1. The van der Waals surface area contributed by atoms with Gasteiger partial charge >= 0.3 is 0 Å². The van der Waals surface area contributed by atoms with Gasteiger partial charge in [-0.05, 0) is 44.3 Å². The minimum Gasteiger partial charge on any atom is -0.332 e. The van der Waals surface area contributed by atoms with Gasteiger partial charge in [0.25, 0.3) is 0 Å². The van der Waals surface area contributed by atoms with Crippen molar-refractivity contribution < 1.29 is 4.79 Å². The Morgan fingerprint density at radius 3 is 2.60 bits per heavy atom. The van der Waals surface area contributed by atoms with Crippen molar-refractivity contribution in [3.8, 4) is 0 Å². The van der Waals surface area contributed by atoms with E-state index in [0.717, 1.165) is 22.0 Å². The van der Waals surface area contributed by atoms with Gasteiger partial charge < -0.3 is 4.57 Å². The zero-order valence-corrected chi connectivity index (χ0v) is 12.6. The number of rotatable bonds is 4. The second-order valence-corrected chi connectivity index (χ2v) is 5.69. The number of alkyl halides is 2. The van der Waals surface area contributed by atoms with Gasteiger partial charge in [-0.2, -0.15) is 0 Å². The van der Waals surface area contributed by atoms with Crippen molar-refractivity contribution in [3.05, 3.63) is 20.8 Å². The van der Waals surface area contributed by atoms with E-state index in [9.17, 15) is 4.79 Å². The number of aromatic nitrogens is 1. The van der Waals surface area contributed by atoms with Gasteiger partial charge in [0, 0.05) is 6.54 Å². The monoisotopic (exact) mass is 375 g/mol. The number of carbonyl (C=O) groups excluding carboxylic acids is 1. The average Bonchev–Trinajstić information content (AvgIpc) is 2.45. The minimum absolute atomic E-state index is 0.279. The van der Waals surface area contributed by atoms with Crippen LogP contribution in [-0.2, 0) is 6.54 Å². The number of hydrogen-bond donors (Lipinski definition) is 0. The first-order valence-electron chi connectivity index (χ1n) is 4.36. The predicted molar refractivity (Wildman–Crippen MR) is 69.9 cm³/mol. The van der Waals surface area contributed by atoms with Crippen molar-refractivity contribution >= 4 is 60.8 Å². The third-order valence-corrected chi connectivity index (χ3v) is 4.27. The van der Waals surface area contributed by atoms with Crippen LogP contribution in [0, 0.1) is 0 Å². The topological polar surface area (TPSA) is 22.0 Å². The lowest BCUT2D eigenvalue weighted by molar-refractivity contribution is 0.0997. The summed E-state index contributed by atoms with van der Waals surface area (Å²) in [6.45, 7) is 2.78. The van der Waals surface area contributed by atoms with Gasteiger partial charge in [0.1, 0.15) is 0 Å². The normalized spacial score (nSPS) is 11.1. The SMILES string of the molecule is CCCn1c(C(=O)C(Cl)Cl)cc(Br)c1Br. The van der Waals surface area contributed by atoms with Crippen LogP contribution in [0.15, 0.2) is 15.1 Å². The van der Waals surface area contributed by atoms with Crippen LogP contribution in [0.2, 0.25) is 0 Å². The van der Waals surface area contributed by atoms with Crippen LogP contribution in [-0.4, -0.2) is 15.2 Å². The molecule has 0 unspecified atom stereocenters. The molecule has 0 saturated carbocycles. The third kappa shape index (κ3) is 2.99. The highest BCUT2D eigenvalue weighted by Crippen LogP contribution is 2.29. The first-order valence-corrected chi connectivity index (χ1v) is 6.81. The molecule has 1 rings (SSSR count). The summed E-state index contributed by atoms with van der Waals surface area (Å²) in [6.07, 6.45) is 0.926. The van der Waals surface area contributed by atoms with Crippen molar-refractivity contribution in [2.24, 2.45) is 0 Å². The molecule has 0 fully saturated rings. The number of Topliss-reactive ketones (excluding diaryl/α,β-unsaturated/α-hetero) is 1. The smallest absolute Gasteiger partial charge is 0.212 e. The summed E-state index contributed by atoms with van der Waals surface area (Å²) in [5.41, 5.74) is 0.519. The zero-order chi connectivity index (χ0) is 11.6. The van der Waals surface area contributed by atoms with E-state index in [1.807, 2.05) is 11.5 Å². The predicted octanol–water partition coefficient (Wildman–Crippen LogP) is 4.41. The van der Waals surface area contributed by atoms with Crippen LogP contribution in [0.3, 0.4) is 0 Å². The lowest BCUT2D eigenvalue weighted by Crippen LogP contribution is -2.14. The molecular formula is C9H9Br2Cl2NO. The molecular weight excluding hydrogens is 369 g/mol. The number of ketones is 1. The van der Waals surface area contributed by atoms with Gasteiger partial charge in [0.15, 0.2) is 4.84 Å². The highest BCUT2D eigenvalue weighted by molar-refractivity contribution is 9.13. The summed E-state index contributed by atoms with van der Waals surface area (Å²) < 4.78 is 3.51. The molecule has 84 valence electrons. The van der Waals surface area contributed by atoms with Gasteiger partial charge in [-0.15, -0.1) is 0 Å². The molecule has 0 aliphatic rings. The summed E-state index contributed by atoms with van der Waals surface area (Å²) in [5, 5.41) is 0. The zero-order valence-electron chi connectivity index (χ0n) is 7.94. The van der Waals surface area contributed by atoms with Crippen molar-refractivity contribution in [2.75, 3.05) is 0 Å². The summed E-state index contributed by atoms with van der Waals surface area (Å²) in [7, 11) is 0. The molecule has 0 aromatic carbocycles. The molecule has 0 radical (unpaired) electrons. The van der Waals surface area contributed by atoms with Crippen LogP contribution < -0.4 is 0 Å². The maximum Gasteiger partial charge on any atom is 0.212 e. The third-order valence-electron chi connectivity index (χ3n) is 1.89. The standard InChI is InChI=1S/C9H9Br2Cl2NO/c1-2-3-14-6(7(15)9(12)13)4-5(10)8(14)11/h4,9H,2-3H2,1H3. The van der Waals surface area contributed by atoms with Crippen LogP contribution in [0.5, 0.6) is 0 Å². The van der Waals surface area contributed by atoms with Crippen LogP contribution in [0.1, 0.15) is 23.8 Å². The Morgan fingerprint density at radius 1 is 1.53 bits per heavy atom. The first kappa shape index (κ1) is 13.6. The van der Waals surface area contributed by atoms with E-state index >= 15 is 0 Å². The summed E-state index contributed by atoms with van der Waals surface area (Å²) in [5.74, 6) is -0.279. The van der Waals surface area contributed by atoms with E-state index in [1.54, 1.807) is 6.07 Å². The maximum absolute atomic E-state index is 11.7. The molecule has 0 saturated heterocycles. The van der Waals surface area contributed by atoms with Crippen LogP contribution in [0.4, 0.5) is 0 Å². The molecule has 0 aliphatic carbocycles. The molecule has 1 aromatic heterocycles. The second kappa shape index (κ2) is 5.71. The molecule has 1 aromatic rings. The Morgan fingerprint density at radius 2 is 2.13 bits per heavy atom. The van der Waals surface area contributed by atoms with Crippen LogP contribution >= 0.6 is 55.1 Å². The van der Waals surface area contributed by atoms with Crippen molar-refractivity contribution in [2.45, 2.75) is 24.7 Å². The van der Waals surface area contributed by atoms with E-state index in [4.69, 9.17) is 23.2 Å². The van der Waals surface area contributed by atoms with Gasteiger partial charge in [-0.1, -0.05) is 30.1 Å². The van der Waals surface area contributed by atoms with Gasteiger partial charge in [0.05, 0.1) is 14.8 Å². The molecule has 0 amide bonds. The maximum atomic E-state index is 11.7. The second-order valence-electron chi connectivity index (χ2n) is 2.98. The molecule has 0 spiro atoms. The summed E-state index contributed by atoms with van der Waals surface area (Å²) in [4.78, 5) is 10.7. The summed E-state index contributed by atoms with van der Waals surface area (Å²) in [6, 6.07) is 1.72. The van der Waals surface area contributed by atoms with E-state index in [0.29, 0.717) is 5.69 Å². The fraction of sp³-hybridized carbons (Fsp3) is 0.444. The van der Waals surface area contributed by atoms with Crippen molar-refractivity contribution in [1.29, 1.82) is 0 Å².